The fraction of sp³-hybridized carbons (Fsp3) is 0.238. The molecular weight excluding hydrogens is 354 g/mol. The Balaban J connectivity index is 1.32. The van der Waals surface area contributed by atoms with Crippen molar-refractivity contribution in [2.24, 2.45) is 5.92 Å². The second kappa shape index (κ2) is 8.04. The molecule has 3 heterocycles. The van der Waals surface area contributed by atoms with Crippen LogP contribution in [0.2, 0.25) is 0 Å². The van der Waals surface area contributed by atoms with Crippen molar-refractivity contribution in [3.05, 3.63) is 72.4 Å². The second-order valence-electron chi connectivity index (χ2n) is 6.82. The quantitative estimate of drug-likeness (QED) is 0.693. The minimum absolute atomic E-state index is 0.0128. The summed E-state index contributed by atoms with van der Waals surface area (Å²) >= 11 is 0. The first kappa shape index (κ1) is 17.9. The molecule has 7 heteroatoms. The molecule has 28 heavy (non-hydrogen) atoms. The number of pyridine rings is 1. The van der Waals surface area contributed by atoms with Gasteiger partial charge in [-0.2, -0.15) is 0 Å². The fourth-order valence-corrected chi connectivity index (χ4v) is 3.42. The summed E-state index contributed by atoms with van der Waals surface area (Å²) in [5, 5.41) is 5.86. The number of hydrogen-bond donors (Lipinski definition) is 2. The lowest BCUT2D eigenvalue weighted by molar-refractivity contribution is -0.122. The third-order valence-corrected chi connectivity index (χ3v) is 4.92. The smallest absolute Gasteiger partial charge is 0.227 e. The highest BCUT2D eigenvalue weighted by Gasteiger charge is 2.26. The van der Waals surface area contributed by atoms with Gasteiger partial charge in [-0.3, -0.25) is 14.2 Å². The maximum atomic E-state index is 12.3. The number of rotatable bonds is 6. The van der Waals surface area contributed by atoms with Crippen LogP contribution in [-0.2, 0) is 22.6 Å². The normalized spacial score (nSPS) is 15.6. The highest BCUT2D eigenvalue weighted by atomic mass is 16.2. The van der Waals surface area contributed by atoms with E-state index in [1.54, 1.807) is 18.7 Å². The van der Waals surface area contributed by atoms with Gasteiger partial charge >= 0.3 is 0 Å². The van der Waals surface area contributed by atoms with Crippen molar-refractivity contribution in [3.8, 4) is 5.82 Å². The molecule has 0 saturated heterocycles. The lowest BCUT2D eigenvalue weighted by atomic mass is 9.89. The lowest BCUT2D eigenvalue weighted by Gasteiger charge is -2.24. The number of benzene rings is 1. The monoisotopic (exact) mass is 375 g/mol. The summed E-state index contributed by atoms with van der Waals surface area (Å²) in [6, 6.07) is 11.6. The molecule has 1 aliphatic heterocycles. The van der Waals surface area contributed by atoms with E-state index in [9.17, 15) is 9.59 Å². The van der Waals surface area contributed by atoms with Crippen molar-refractivity contribution in [2.75, 3.05) is 5.32 Å². The Labute approximate surface area is 162 Å². The fourth-order valence-electron chi connectivity index (χ4n) is 3.42. The van der Waals surface area contributed by atoms with E-state index in [1.165, 1.54) is 0 Å². The van der Waals surface area contributed by atoms with E-state index >= 15 is 0 Å². The molecule has 1 aliphatic rings. The summed E-state index contributed by atoms with van der Waals surface area (Å²) in [5.74, 6) is 0.470. The van der Waals surface area contributed by atoms with Gasteiger partial charge < -0.3 is 10.6 Å². The zero-order valence-corrected chi connectivity index (χ0v) is 15.3. The summed E-state index contributed by atoms with van der Waals surface area (Å²) in [7, 11) is 0. The number of carbonyl (C=O) groups is 2. The molecule has 0 aliphatic carbocycles. The van der Waals surface area contributed by atoms with Crippen LogP contribution in [0.4, 0.5) is 5.69 Å². The number of nitrogens with one attached hydrogen (secondary N) is 2. The number of anilines is 1. The molecule has 0 spiro atoms. The maximum Gasteiger partial charge on any atom is 0.227 e. The minimum atomic E-state index is -0.180. The van der Waals surface area contributed by atoms with E-state index in [1.807, 2.05) is 47.2 Å². The number of amides is 2. The Hall–Kier alpha value is -3.48. The van der Waals surface area contributed by atoms with Gasteiger partial charge in [0.2, 0.25) is 11.8 Å². The average Bonchev–Trinajstić information content (AvgIpc) is 3.25. The first-order valence-corrected chi connectivity index (χ1v) is 9.28. The SMILES string of the molecule is O=C(CCC1Cc2ccccc2NC1=O)NCc1cccnc1-n1ccnc1. The van der Waals surface area contributed by atoms with Gasteiger partial charge in [0.1, 0.15) is 12.1 Å². The van der Waals surface area contributed by atoms with Crippen LogP contribution < -0.4 is 10.6 Å². The summed E-state index contributed by atoms with van der Waals surface area (Å²) in [4.78, 5) is 33.0. The van der Waals surface area contributed by atoms with E-state index in [0.717, 1.165) is 22.6 Å². The van der Waals surface area contributed by atoms with Gasteiger partial charge in [-0.1, -0.05) is 24.3 Å². The van der Waals surface area contributed by atoms with E-state index in [-0.39, 0.29) is 17.7 Å². The van der Waals surface area contributed by atoms with Gasteiger partial charge in [0, 0.05) is 48.7 Å². The third kappa shape index (κ3) is 3.93. The van der Waals surface area contributed by atoms with E-state index < -0.39 is 0 Å². The summed E-state index contributed by atoms with van der Waals surface area (Å²) in [6.45, 7) is 0.375. The van der Waals surface area contributed by atoms with Crippen molar-refractivity contribution in [3.63, 3.8) is 0 Å². The first-order chi connectivity index (χ1) is 13.7. The van der Waals surface area contributed by atoms with Gasteiger partial charge in [0.05, 0.1) is 0 Å². The van der Waals surface area contributed by atoms with Crippen LogP contribution in [0, 0.1) is 5.92 Å². The Morgan fingerprint density at radius 2 is 2.11 bits per heavy atom. The molecule has 4 rings (SSSR count). The van der Waals surface area contributed by atoms with Crippen LogP contribution >= 0.6 is 0 Å². The molecule has 1 aromatic carbocycles. The Morgan fingerprint density at radius 3 is 2.96 bits per heavy atom. The van der Waals surface area contributed by atoms with Crippen molar-refractivity contribution < 1.29 is 9.59 Å². The number of aromatic nitrogens is 3. The molecular formula is C21H21N5O2. The van der Waals surface area contributed by atoms with Crippen molar-refractivity contribution in [1.82, 2.24) is 19.9 Å². The zero-order valence-electron chi connectivity index (χ0n) is 15.3. The van der Waals surface area contributed by atoms with Crippen LogP contribution in [0.1, 0.15) is 24.0 Å². The number of hydrogen-bond acceptors (Lipinski definition) is 4. The predicted octanol–water partition coefficient (Wildman–Crippen LogP) is 2.47. The number of imidazole rings is 1. The van der Waals surface area contributed by atoms with Crippen molar-refractivity contribution in [2.45, 2.75) is 25.8 Å². The number of fused-ring (bicyclic) bond motifs is 1. The van der Waals surface area contributed by atoms with Gasteiger partial charge in [0.25, 0.3) is 0 Å². The Morgan fingerprint density at radius 1 is 1.21 bits per heavy atom. The molecule has 0 bridgehead atoms. The van der Waals surface area contributed by atoms with Crippen LogP contribution in [-0.4, -0.2) is 26.3 Å². The maximum absolute atomic E-state index is 12.3. The van der Waals surface area contributed by atoms with Gasteiger partial charge in [0.15, 0.2) is 0 Å². The summed E-state index contributed by atoms with van der Waals surface area (Å²) < 4.78 is 1.81. The van der Waals surface area contributed by atoms with Crippen LogP contribution in [0.5, 0.6) is 0 Å². The van der Waals surface area contributed by atoms with Crippen molar-refractivity contribution in [1.29, 1.82) is 0 Å². The zero-order chi connectivity index (χ0) is 19.3. The van der Waals surface area contributed by atoms with Crippen LogP contribution in [0.25, 0.3) is 5.82 Å². The van der Waals surface area contributed by atoms with Gasteiger partial charge in [-0.15, -0.1) is 0 Å². The molecule has 2 amide bonds. The molecule has 1 unspecified atom stereocenters. The summed E-state index contributed by atoms with van der Waals surface area (Å²) in [5.41, 5.74) is 2.89. The van der Waals surface area contributed by atoms with Gasteiger partial charge in [-0.05, 0) is 30.5 Å². The minimum Gasteiger partial charge on any atom is -0.352 e. The lowest BCUT2D eigenvalue weighted by Crippen LogP contribution is -2.31. The molecule has 0 fully saturated rings. The molecule has 0 saturated carbocycles. The van der Waals surface area contributed by atoms with Crippen LogP contribution in [0.3, 0.4) is 0 Å². The largest absolute Gasteiger partial charge is 0.352 e. The first-order valence-electron chi connectivity index (χ1n) is 9.28. The average molecular weight is 375 g/mol. The van der Waals surface area contributed by atoms with Crippen molar-refractivity contribution >= 4 is 17.5 Å². The van der Waals surface area contributed by atoms with Crippen LogP contribution in [0.15, 0.2) is 61.3 Å². The number of nitrogens with zero attached hydrogens (tertiary/aromatic N) is 3. The Kier molecular flexibility index (Phi) is 5.14. The van der Waals surface area contributed by atoms with Gasteiger partial charge in [-0.25, -0.2) is 9.97 Å². The molecule has 1 atom stereocenters. The molecule has 3 aromatic rings. The highest BCUT2D eigenvalue weighted by molar-refractivity contribution is 5.96. The molecule has 142 valence electrons. The van der Waals surface area contributed by atoms with E-state index in [2.05, 4.69) is 20.6 Å². The molecule has 0 radical (unpaired) electrons. The highest BCUT2D eigenvalue weighted by Crippen LogP contribution is 2.27. The molecule has 7 nitrogen and oxygen atoms in total. The predicted molar refractivity (Wildman–Crippen MR) is 105 cm³/mol. The second-order valence-corrected chi connectivity index (χ2v) is 6.82. The Bertz CT molecular complexity index is 984. The van der Waals surface area contributed by atoms with E-state index in [0.29, 0.717) is 25.8 Å². The molecule has 2 aromatic heterocycles. The molecule has 2 N–H and O–H groups in total. The topological polar surface area (TPSA) is 88.9 Å². The standard InChI is InChI=1S/C21H21N5O2/c27-19(8-7-16-12-15-4-1-2-6-18(15)25-21(16)28)24-13-17-5-3-9-23-20(17)26-11-10-22-14-26/h1-6,9-11,14,16H,7-8,12-13H2,(H,24,27)(H,25,28). The number of carbonyl (C=O) groups excluding carboxylic acids is 2. The van der Waals surface area contributed by atoms with E-state index in [4.69, 9.17) is 0 Å². The summed E-state index contributed by atoms with van der Waals surface area (Å²) in [6.07, 6.45) is 8.38. The third-order valence-electron chi connectivity index (χ3n) is 4.92. The number of para-hydroxylation sites is 1.